The van der Waals surface area contributed by atoms with Crippen molar-refractivity contribution in [3.63, 3.8) is 0 Å². The van der Waals surface area contributed by atoms with Crippen molar-refractivity contribution in [2.75, 3.05) is 39.9 Å². The molecule has 100 valence electrons. The molecule has 0 N–H and O–H groups in total. The van der Waals surface area contributed by atoms with Gasteiger partial charge in [-0.25, -0.2) is 0 Å². The van der Waals surface area contributed by atoms with E-state index in [0.29, 0.717) is 12.6 Å². The summed E-state index contributed by atoms with van der Waals surface area (Å²) in [6.07, 6.45) is 0. The van der Waals surface area contributed by atoms with Crippen molar-refractivity contribution < 1.29 is 9.53 Å². The van der Waals surface area contributed by atoms with Gasteiger partial charge in [-0.3, -0.25) is 9.69 Å². The van der Waals surface area contributed by atoms with Gasteiger partial charge in [0.15, 0.2) is 0 Å². The van der Waals surface area contributed by atoms with Gasteiger partial charge < -0.3 is 9.64 Å². The summed E-state index contributed by atoms with van der Waals surface area (Å²) in [5.41, 5.74) is -0.408. The fourth-order valence-corrected chi connectivity index (χ4v) is 2.29. The molecule has 0 radical (unpaired) electrons. The van der Waals surface area contributed by atoms with E-state index in [4.69, 9.17) is 4.74 Å². The van der Waals surface area contributed by atoms with Crippen molar-refractivity contribution in [2.24, 2.45) is 5.41 Å². The lowest BCUT2D eigenvalue weighted by atomic mass is 9.92. The number of methoxy groups -OCH3 is 1. The average Bonchev–Trinajstić information content (AvgIpc) is 2.28. The van der Waals surface area contributed by atoms with Crippen LogP contribution in [-0.4, -0.2) is 61.6 Å². The van der Waals surface area contributed by atoms with Crippen LogP contribution < -0.4 is 0 Å². The van der Waals surface area contributed by atoms with Gasteiger partial charge in [0.1, 0.15) is 0 Å². The van der Waals surface area contributed by atoms with E-state index in [1.807, 2.05) is 18.7 Å². The van der Waals surface area contributed by atoms with Crippen LogP contribution in [0.5, 0.6) is 0 Å². The smallest absolute Gasteiger partial charge is 0.230 e. The molecular formula is C13H26N2O2. The van der Waals surface area contributed by atoms with Gasteiger partial charge in [-0.05, 0) is 27.7 Å². The molecule has 0 spiro atoms. The summed E-state index contributed by atoms with van der Waals surface area (Å²) in [5, 5.41) is 0. The van der Waals surface area contributed by atoms with Crippen LogP contribution in [0.4, 0.5) is 0 Å². The summed E-state index contributed by atoms with van der Waals surface area (Å²) in [6.45, 7) is 12.4. The van der Waals surface area contributed by atoms with Crippen LogP contribution in [0, 0.1) is 5.41 Å². The minimum Gasteiger partial charge on any atom is -0.384 e. The average molecular weight is 242 g/mol. The highest BCUT2D eigenvalue weighted by atomic mass is 16.5. The summed E-state index contributed by atoms with van der Waals surface area (Å²) in [5.74, 6) is 0.211. The molecule has 0 aromatic carbocycles. The molecule has 0 bridgehead atoms. The van der Waals surface area contributed by atoms with Crippen molar-refractivity contribution in [2.45, 2.75) is 33.7 Å². The van der Waals surface area contributed by atoms with Gasteiger partial charge in [0.2, 0.25) is 5.91 Å². The first kappa shape index (κ1) is 14.5. The summed E-state index contributed by atoms with van der Waals surface area (Å²) in [7, 11) is 1.64. The molecule has 17 heavy (non-hydrogen) atoms. The van der Waals surface area contributed by atoms with Crippen molar-refractivity contribution in [1.82, 2.24) is 9.80 Å². The second kappa shape index (κ2) is 5.83. The Morgan fingerprint density at radius 1 is 1.24 bits per heavy atom. The minimum atomic E-state index is -0.408. The molecule has 0 aromatic heterocycles. The van der Waals surface area contributed by atoms with E-state index in [1.54, 1.807) is 7.11 Å². The Bertz CT molecular complexity index is 256. The van der Waals surface area contributed by atoms with Crippen LogP contribution in [0.2, 0.25) is 0 Å². The van der Waals surface area contributed by atoms with Crippen LogP contribution in [0.15, 0.2) is 0 Å². The summed E-state index contributed by atoms with van der Waals surface area (Å²) >= 11 is 0. The van der Waals surface area contributed by atoms with E-state index in [2.05, 4.69) is 18.7 Å². The second-order valence-corrected chi connectivity index (χ2v) is 5.74. The lowest BCUT2D eigenvalue weighted by Crippen LogP contribution is -2.54. The number of ether oxygens (including phenoxy) is 1. The topological polar surface area (TPSA) is 32.8 Å². The maximum absolute atomic E-state index is 12.3. The number of carbonyl (C=O) groups excluding carboxylic acids is 1. The highest BCUT2D eigenvalue weighted by Crippen LogP contribution is 2.20. The number of hydrogen-bond acceptors (Lipinski definition) is 3. The highest BCUT2D eigenvalue weighted by molar-refractivity contribution is 5.82. The van der Waals surface area contributed by atoms with Crippen LogP contribution >= 0.6 is 0 Å². The molecule has 1 fully saturated rings. The molecule has 1 heterocycles. The van der Waals surface area contributed by atoms with E-state index >= 15 is 0 Å². The van der Waals surface area contributed by atoms with Crippen LogP contribution in [-0.2, 0) is 9.53 Å². The normalized spacial score (nSPS) is 18.8. The van der Waals surface area contributed by atoms with Crippen molar-refractivity contribution in [1.29, 1.82) is 0 Å². The number of hydrogen-bond donors (Lipinski definition) is 0. The van der Waals surface area contributed by atoms with Crippen molar-refractivity contribution in [3.8, 4) is 0 Å². The first-order chi connectivity index (χ1) is 7.88. The molecule has 0 atom stereocenters. The lowest BCUT2D eigenvalue weighted by molar-refractivity contribution is -0.145. The Morgan fingerprint density at radius 3 is 2.18 bits per heavy atom. The molecule has 0 saturated carbocycles. The molecule has 4 heteroatoms. The van der Waals surface area contributed by atoms with Crippen molar-refractivity contribution >= 4 is 5.91 Å². The predicted octanol–water partition coefficient (Wildman–Crippen LogP) is 1.21. The van der Waals surface area contributed by atoms with E-state index in [1.165, 1.54) is 0 Å². The lowest BCUT2D eigenvalue weighted by Gasteiger charge is -2.39. The highest BCUT2D eigenvalue weighted by Gasteiger charge is 2.33. The third kappa shape index (κ3) is 3.68. The minimum absolute atomic E-state index is 0.211. The Balaban J connectivity index is 2.51. The van der Waals surface area contributed by atoms with Gasteiger partial charge in [0.25, 0.3) is 0 Å². The Kier molecular flexibility index (Phi) is 4.95. The summed E-state index contributed by atoms with van der Waals surface area (Å²) < 4.78 is 5.12. The molecule has 4 nitrogen and oxygen atoms in total. The molecule has 0 unspecified atom stereocenters. The first-order valence-corrected chi connectivity index (χ1v) is 6.41. The Labute approximate surface area is 105 Å². The molecule has 1 amide bonds. The molecule has 1 aliphatic rings. The van der Waals surface area contributed by atoms with Gasteiger partial charge in [-0.15, -0.1) is 0 Å². The number of amides is 1. The van der Waals surface area contributed by atoms with Crippen LogP contribution in [0.3, 0.4) is 0 Å². The number of carbonyl (C=O) groups is 1. The maximum atomic E-state index is 12.3. The van der Waals surface area contributed by atoms with Gasteiger partial charge in [-0.2, -0.15) is 0 Å². The first-order valence-electron chi connectivity index (χ1n) is 6.41. The van der Waals surface area contributed by atoms with Gasteiger partial charge in [0, 0.05) is 39.3 Å². The zero-order valence-electron chi connectivity index (χ0n) is 11.8. The fraction of sp³-hybridized carbons (Fsp3) is 0.923. The number of rotatable bonds is 4. The molecule has 0 aromatic rings. The summed E-state index contributed by atoms with van der Waals surface area (Å²) in [4.78, 5) is 16.7. The quantitative estimate of drug-likeness (QED) is 0.743. The van der Waals surface area contributed by atoms with Gasteiger partial charge in [0.05, 0.1) is 12.0 Å². The Hall–Kier alpha value is -0.610. The van der Waals surface area contributed by atoms with E-state index in [9.17, 15) is 4.79 Å². The van der Waals surface area contributed by atoms with E-state index in [0.717, 1.165) is 26.2 Å². The molecule has 1 aliphatic heterocycles. The number of nitrogens with zero attached hydrogens (tertiary/aromatic N) is 2. The SMILES string of the molecule is COCC(C)(C)C(=O)N1CCN(C(C)C)CC1. The third-order valence-electron chi connectivity index (χ3n) is 3.42. The zero-order chi connectivity index (χ0) is 13.1. The fourth-order valence-electron chi connectivity index (χ4n) is 2.29. The Morgan fingerprint density at radius 2 is 1.76 bits per heavy atom. The van der Waals surface area contributed by atoms with Gasteiger partial charge in [-0.1, -0.05) is 0 Å². The van der Waals surface area contributed by atoms with E-state index in [-0.39, 0.29) is 5.91 Å². The van der Waals surface area contributed by atoms with E-state index < -0.39 is 5.41 Å². The molecular weight excluding hydrogens is 216 g/mol. The monoisotopic (exact) mass is 242 g/mol. The summed E-state index contributed by atoms with van der Waals surface area (Å²) in [6, 6.07) is 0.569. The molecule has 0 aliphatic carbocycles. The van der Waals surface area contributed by atoms with Gasteiger partial charge >= 0.3 is 0 Å². The molecule has 1 rings (SSSR count). The molecule has 1 saturated heterocycles. The zero-order valence-corrected chi connectivity index (χ0v) is 11.8. The van der Waals surface area contributed by atoms with Crippen LogP contribution in [0.1, 0.15) is 27.7 Å². The number of piperazine rings is 1. The maximum Gasteiger partial charge on any atom is 0.230 e. The largest absolute Gasteiger partial charge is 0.384 e. The second-order valence-electron chi connectivity index (χ2n) is 5.74. The third-order valence-corrected chi connectivity index (χ3v) is 3.42. The van der Waals surface area contributed by atoms with Crippen molar-refractivity contribution in [3.05, 3.63) is 0 Å². The predicted molar refractivity (Wildman–Crippen MR) is 68.9 cm³/mol. The standard InChI is InChI=1S/C13H26N2O2/c1-11(2)14-6-8-15(9-7-14)12(16)13(3,4)10-17-5/h11H,6-10H2,1-5H3. The van der Waals surface area contributed by atoms with Crippen LogP contribution in [0.25, 0.3) is 0 Å².